The molecule has 2 fully saturated rings. The molecule has 1 aliphatic heterocycles. The van der Waals surface area contributed by atoms with Gasteiger partial charge in [0.25, 0.3) is 0 Å². The number of aldehydes is 1. The number of sulfonamides is 1. The van der Waals surface area contributed by atoms with Crippen LogP contribution in [0.4, 0.5) is 0 Å². The quantitative estimate of drug-likeness (QED) is 0.553. The van der Waals surface area contributed by atoms with Crippen LogP contribution in [0.2, 0.25) is 0 Å². The number of hydrogen-bond donors (Lipinski definition) is 2. The Labute approximate surface area is 184 Å². The van der Waals surface area contributed by atoms with Gasteiger partial charge < -0.3 is 14.8 Å². The third kappa shape index (κ3) is 7.01. The van der Waals surface area contributed by atoms with Crippen molar-refractivity contribution in [3.05, 3.63) is 29.3 Å². The van der Waals surface area contributed by atoms with Crippen LogP contribution in [0.3, 0.4) is 0 Å². The first kappa shape index (κ1) is 23.7. The van der Waals surface area contributed by atoms with E-state index in [1.807, 2.05) is 6.07 Å². The summed E-state index contributed by atoms with van der Waals surface area (Å²) in [6.45, 7) is 1.33. The van der Waals surface area contributed by atoms with Gasteiger partial charge in [-0.3, -0.25) is 4.79 Å². The molecule has 0 bridgehead atoms. The molecule has 1 saturated carbocycles. The molecule has 1 aromatic rings. The average molecular weight is 450 g/mol. The minimum absolute atomic E-state index is 0.00553. The highest BCUT2D eigenvalue weighted by molar-refractivity contribution is 7.88. The van der Waals surface area contributed by atoms with Gasteiger partial charge in [0.15, 0.2) is 6.29 Å². The average Bonchev–Trinajstić information content (AvgIpc) is 2.76. The van der Waals surface area contributed by atoms with Gasteiger partial charge in [0.05, 0.1) is 30.6 Å². The number of benzene rings is 1. The molecule has 2 aliphatic rings. The number of rotatable bonds is 9. The van der Waals surface area contributed by atoms with E-state index in [9.17, 15) is 18.5 Å². The second kappa shape index (κ2) is 11.0. The van der Waals surface area contributed by atoms with E-state index in [1.165, 1.54) is 6.26 Å². The van der Waals surface area contributed by atoms with Crippen molar-refractivity contribution in [3.8, 4) is 11.8 Å². The molecule has 2 N–H and O–H groups in total. The van der Waals surface area contributed by atoms with Crippen molar-refractivity contribution in [2.75, 3.05) is 26.0 Å². The van der Waals surface area contributed by atoms with Crippen molar-refractivity contribution >= 4 is 16.3 Å². The molecule has 1 heterocycles. The lowest BCUT2D eigenvalue weighted by atomic mass is 9.82. The highest BCUT2D eigenvalue weighted by Crippen LogP contribution is 2.39. The Bertz CT molecular complexity index is 891. The lowest BCUT2D eigenvalue weighted by molar-refractivity contribution is -0.109. The Morgan fingerprint density at radius 3 is 2.71 bits per heavy atom. The van der Waals surface area contributed by atoms with Crippen LogP contribution in [0, 0.1) is 11.3 Å². The molecule has 8 nitrogen and oxygen atoms in total. The Kier molecular flexibility index (Phi) is 8.43. The molecule has 170 valence electrons. The molecule has 31 heavy (non-hydrogen) atoms. The van der Waals surface area contributed by atoms with Crippen molar-refractivity contribution in [2.24, 2.45) is 0 Å². The van der Waals surface area contributed by atoms with Crippen LogP contribution in [0.15, 0.2) is 18.2 Å². The largest absolute Gasteiger partial charge is 0.486 e. The lowest BCUT2D eigenvalue weighted by Crippen LogP contribution is -2.55. The monoisotopic (exact) mass is 449 g/mol. The zero-order valence-corrected chi connectivity index (χ0v) is 18.7. The number of hydrogen-bond acceptors (Lipinski definition) is 7. The molecular weight excluding hydrogens is 418 g/mol. The number of nitrogens with zero attached hydrogens (tertiary/aromatic N) is 1. The van der Waals surface area contributed by atoms with E-state index in [0.717, 1.165) is 56.9 Å². The predicted molar refractivity (Wildman–Crippen MR) is 116 cm³/mol. The maximum absolute atomic E-state index is 11.6. The normalized spacial score (nSPS) is 26.7. The Morgan fingerprint density at radius 1 is 1.26 bits per heavy atom. The van der Waals surface area contributed by atoms with Gasteiger partial charge in [0.1, 0.15) is 12.4 Å². The summed E-state index contributed by atoms with van der Waals surface area (Å²) < 4.78 is 37.7. The van der Waals surface area contributed by atoms with E-state index in [4.69, 9.17) is 9.47 Å². The number of nitriles is 1. The van der Waals surface area contributed by atoms with E-state index in [0.29, 0.717) is 17.9 Å². The molecule has 3 rings (SSSR count). The van der Waals surface area contributed by atoms with Crippen LogP contribution in [0.1, 0.15) is 55.6 Å². The van der Waals surface area contributed by atoms with Gasteiger partial charge in [-0.25, -0.2) is 13.1 Å². The fourth-order valence-electron chi connectivity index (χ4n) is 4.52. The van der Waals surface area contributed by atoms with Gasteiger partial charge in [-0.2, -0.15) is 5.26 Å². The first-order valence-corrected chi connectivity index (χ1v) is 12.7. The van der Waals surface area contributed by atoms with E-state index in [-0.39, 0.29) is 30.7 Å². The van der Waals surface area contributed by atoms with Crippen LogP contribution < -0.4 is 14.8 Å². The summed E-state index contributed by atoms with van der Waals surface area (Å²) >= 11 is 0. The zero-order valence-electron chi connectivity index (χ0n) is 17.9. The smallest absolute Gasteiger partial charge is 0.209 e. The number of nitrogens with one attached hydrogen (secondary N) is 2. The van der Waals surface area contributed by atoms with Crippen LogP contribution >= 0.6 is 0 Å². The van der Waals surface area contributed by atoms with Crippen LogP contribution in [-0.2, 0) is 19.6 Å². The molecule has 1 aliphatic carbocycles. The van der Waals surface area contributed by atoms with Crippen molar-refractivity contribution in [2.45, 2.75) is 62.6 Å². The number of ether oxygens (including phenoxy) is 2. The standard InChI is InChI=1S/C22H31N3O5S/c1-31(27,28)25-20-3-2-10-24-21(20)15-30-18-7-5-17(6-8-18)19-13-16(14-23)4-9-22(19)29-12-11-26/h4,9,11,13,17-18,20-21,24-25H,2-3,5-8,10,12,15H2,1H3/t17-,18+,20-,21-/m0/s1. The summed E-state index contributed by atoms with van der Waals surface area (Å²) in [6, 6.07) is 7.33. The van der Waals surface area contributed by atoms with Crippen molar-refractivity contribution < 1.29 is 22.7 Å². The van der Waals surface area contributed by atoms with E-state index in [2.05, 4.69) is 16.1 Å². The van der Waals surface area contributed by atoms with E-state index >= 15 is 0 Å². The molecule has 0 amide bonds. The number of carbonyl (C=O) groups excluding carboxylic acids is 1. The van der Waals surface area contributed by atoms with Gasteiger partial charge >= 0.3 is 0 Å². The molecule has 2 atom stereocenters. The molecule has 0 unspecified atom stereocenters. The second-order valence-electron chi connectivity index (χ2n) is 8.35. The van der Waals surface area contributed by atoms with Crippen LogP contribution in [0.25, 0.3) is 0 Å². The lowest BCUT2D eigenvalue weighted by Gasteiger charge is -2.35. The first-order valence-electron chi connectivity index (χ1n) is 10.8. The van der Waals surface area contributed by atoms with Gasteiger partial charge in [-0.1, -0.05) is 0 Å². The van der Waals surface area contributed by atoms with Crippen molar-refractivity contribution in [3.63, 3.8) is 0 Å². The predicted octanol–water partition coefficient (Wildman–Crippen LogP) is 1.85. The summed E-state index contributed by atoms with van der Waals surface area (Å²) in [7, 11) is -3.26. The number of piperidine rings is 1. The van der Waals surface area contributed by atoms with E-state index < -0.39 is 10.0 Å². The van der Waals surface area contributed by atoms with Crippen LogP contribution in [-0.4, -0.2) is 58.9 Å². The Hall–Kier alpha value is -1.99. The van der Waals surface area contributed by atoms with Gasteiger partial charge in [0.2, 0.25) is 10.0 Å². The molecular formula is C22H31N3O5S. The number of carbonyl (C=O) groups is 1. The van der Waals surface area contributed by atoms with Gasteiger partial charge in [-0.15, -0.1) is 0 Å². The summed E-state index contributed by atoms with van der Waals surface area (Å²) in [5.74, 6) is 0.916. The third-order valence-corrected chi connectivity index (χ3v) is 6.75. The minimum Gasteiger partial charge on any atom is -0.486 e. The van der Waals surface area contributed by atoms with Gasteiger partial charge in [0, 0.05) is 12.1 Å². The zero-order chi connectivity index (χ0) is 22.3. The topological polar surface area (TPSA) is 118 Å². The van der Waals surface area contributed by atoms with Crippen molar-refractivity contribution in [1.82, 2.24) is 10.0 Å². The molecule has 1 saturated heterocycles. The summed E-state index contributed by atoms with van der Waals surface area (Å²) in [5.41, 5.74) is 1.56. The first-order chi connectivity index (χ1) is 14.9. The molecule has 1 aromatic carbocycles. The maximum Gasteiger partial charge on any atom is 0.209 e. The van der Waals surface area contributed by atoms with Crippen molar-refractivity contribution in [1.29, 1.82) is 5.26 Å². The fourth-order valence-corrected chi connectivity index (χ4v) is 5.35. The second-order valence-corrected chi connectivity index (χ2v) is 10.1. The third-order valence-electron chi connectivity index (χ3n) is 6.02. The molecule has 0 radical (unpaired) electrons. The highest BCUT2D eigenvalue weighted by Gasteiger charge is 2.30. The Balaban J connectivity index is 1.55. The Morgan fingerprint density at radius 2 is 2.03 bits per heavy atom. The molecule has 9 heteroatoms. The van der Waals surface area contributed by atoms with Gasteiger partial charge in [-0.05, 0) is 74.8 Å². The van der Waals surface area contributed by atoms with Crippen LogP contribution in [0.5, 0.6) is 5.75 Å². The molecule has 0 aromatic heterocycles. The highest BCUT2D eigenvalue weighted by atomic mass is 32.2. The molecule has 0 spiro atoms. The fraction of sp³-hybridized carbons (Fsp3) is 0.636. The summed E-state index contributed by atoms with van der Waals surface area (Å²) in [6.07, 6.45) is 7.34. The summed E-state index contributed by atoms with van der Waals surface area (Å²) in [4.78, 5) is 10.7. The SMILES string of the molecule is CS(=O)(=O)N[C@H]1CCCN[C@H]1CO[C@H]1CC[C@@H](c2cc(C#N)ccc2OCC=O)CC1. The maximum atomic E-state index is 11.6. The van der Waals surface area contributed by atoms with E-state index in [1.54, 1.807) is 12.1 Å². The summed E-state index contributed by atoms with van der Waals surface area (Å²) in [5, 5.41) is 12.6. The minimum atomic E-state index is -3.26.